The zero-order valence-electron chi connectivity index (χ0n) is 12.1. The highest BCUT2D eigenvalue weighted by Crippen LogP contribution is 2.32. The summed E-state index contributed by atoms with van der Waals surface area (Å²) in [5.74, 6) is 1.17. The summed E-state index contributed by atoms with van der Waals surface area (Å²) in [6.45, 7) is 0.767. The highest BCUT2D eigenvalue weighted by atomic mass is 19.4. The molecule has 1 aliphatic rings. The van der Waals surface area contributed by atoms with Crippen LogP contribution in [0.5, 0.6) is 11.5 Å². The van der Waals surface area contributed by atoms with Crippen molar-refractivity contribution in [3.63, 3.8) is 0 Å². The number of urea groups is 1. The summed E-state index contributed by atoms with van der Waals surface area (Å²) in [5, 5.41) is 2.49. The molecule has 1 N–H and O–H groups in total. The van der Waals surface area contributed by atoms with E-state index in [4.69, 9.17) is 9.47 Å². The molecular weight excluding hydrogens is 301 g/mol. The van der Waals surface area contributed by atoms with Crippen LogP contribution < -0.4 is 14.8 Å². The Morgan fingerprint density at radius 1 is 1.32 bits per heavy atom. The summed E-state index contributed by atoms with van der Waals surface area (Å²) in [6.07, 6.45) is -3.96. The van der Waals surface area contributed by atoms with Crippen molar-refractivity contribution in [1.29, 1.82) is 0 Å². The van der Waals surface area contributed by atoms with E-state index in [1.165, 1.54) is 0 Å². The lowest BCUT2D eigenvalue weighted by Gasteiger charge is -2.23. The van der Waals surface area contributed by atoms with Gasteiger partial charge in [-0.2, -0.15) is 13.2 Å². The first-order chi connectivity index (χ1) is 10.4. The van der Waals surface area contributed by atoms with E-state index in [1.54, 1.807) is 25.1 Å². The van der Waals surface area contributed by atoms with Crippen molar-refractivity contribution in [2.24, 2.45) is 0 Å². The Bertz CT molecular complexity index is 535. The number of nitrogens with one attached hydrogen (secondary N) is 1. The topological polar surface area (TPSA) is 50.8 Å². The minimum absolute atomic E-state index is 0.0481. The van der Waals surface area contributed by atoms with Crippen LogP contribution in [0.1, 0.15) is 18.9 Å². The van der Waals surface area contributed by atoms with Gasteiger partial charge in [0.2, 0.25) is 6.79 Å². The maximum atomic E-state index is 12.5. The van der Waals surface area contributed by atoms with Gasteiger partial charge < -0.3 is 19.7 Å². The number of carbonyl (C=O) groups is 1. The summed E-state index contributed by atoms with van der Waals surface area (Å²) >= 11 is 0. The molecule has 8 heteroatoms. The highest BCUT2D eigenvalue weighted by Gasteiger charge is 2.32. The number of rotatable bonds is 5. The van der Waals surface area contributed by atoms with Gasteiger partial charge in [0.1, 0.15) is 6.54 Å². The molecule has 0 aliphatic carbocycles. The Balaban J connectivity index is 1.92. The molecule has 122 valence electrons. The second-order valence-electron chi connectivity index (χ2n) is 4.88. The number of alkyl halides is 3. The molecule has 0 spiro atoms. The molecule has 22 heavy (non-hydrogen) atoms. The average Bonchev–Trinajstić information content (AvgIpc) is 2.90. The second kappa shape index (κ2) is 6.76. The third kappa shape index (κ3) is 4.44. The molecule has 0 fully saturated rings. The van der Waals surface area contributed by atoms with Crippen LogP contribution in [0.2, 0.25) is 0 Å². The Morgan fingerprint density at radius 2 is 2.05 bits per heavy atom. The van der Waals surface area contributed by atoms with Crippen LogP contribution in [-0.4, -0.2) is 37.0 Å². The monoisotopic (exact) mass is 318 g/mol. The van der Waals surface area contributed by atoms with Crippen LogP contribution in [0.25, 0.3) is 0 Å². The molecule has 0 unspecified atom stereocenters. The smallest absolute Gasteiger partial charge is 0.406 e. The average molecular weight is 318 g/mol. The largest absolute Gasteiger partial charge is 0.454 e. The van der Waals surface area contributed by atoms with Gasteiger partial charge in [-0.1, -0.05) is 13.0 Å². The molecule has 1 aliphatic heterocycles. The molecule has 1 aromatic carbocycles. The van der Waals surface area contributed by atoms with E-state index in [0.29, 0.717) is 17.9 Å². The van der Waals surface area contributed by atoms with E-state index < -0.39 is 18.8 Å². The minimum Gasteiger partial charge on any atom is -0.454 e. The summed E-state index contributed by atoms with van der Waals surface area (Å²) in [6, 6.07) is 4.37. The summed E-state index contributed by atoms with van der Waals surface area (Å²) in [7, 11) is 0. The lowest BCUT2D eigenvalue weighted by atomic mass is 10.2. The standard InChI is InChI=1S/C14H17F3N2O3/c1-2-5-19(8-14(15,16)17)13(20)18-7-10-3-4-11-12(6-10)22-9-21-11/h3-4,6H,2,5,7-9H2,1H3,(H,18,20). The molecule has 0 bridgehead atoms. The van der Waals surface area contributed by atoms with Crippen molar-refractivity contribution in [1.82, 2.24) is 10.2 Å². The molecular formula is C14H17F3N2O3. The van der Waals surface area contributed by atoms with E-state index in [-0.39, 0.29) is 19.9 Å². The zero-order chi connectivity index (χ0) is 16.2. The van der Waals surface area contributed by atoms with Gasteiger partial charge in [0.15, 0.2) is 11.5 Å². The number of amides is 2. The fraction of sp³-hybridized carbons (Fsp3) is 0.500. The normalized spacial score (nSPS) is 13.1. The zero-order valence-corrected chi connectivity index (χ0v) is 12.1. The van der Waals surface area contributed by atoms with Gasteiger partial charge in [-0.05, 0) is 24.1 Å². The number of ether oxygens (including phenoxy) is 2. The predicted molar refractivity (Wildman–Crippen MR) is 72.7 cm³/mol. The van der Waals surface area contributed by atoms with Crippen molar-refractivity contribution < 1.29 is 27.4 Å². The minimum atomic E-state index is -4.41. The van der Waals surface area contributed by atoms with Gasteiger partial charge in [-0.25, -0.2) is 4.79 Å². The summed E-state index contributed by atoms with van der Waals surface area (Å²) < 4.78 is 47.7. The van der Waals surface area contributed by atoms with Crippen molar-refractivity contribution in [2.45, 2.75) is 26.1 Å². The molecule has 1 aromatic rings. The molecule has 0 aromatic heterocycles. The molecule has 5 nitrogen and oxygen atoms in total. The molecule has 2 rings (SSSR count). The maximum Gasteiger partial charge on any atom is 0.406 e. The van der Waals surface area contributed by atoms with Crippen LogP contribution >= 0.6 is 0 Å². The number of halogens is 3. The molecule has 0 radical (unpaired) electrons. The number of carbonyl (C=O) groups excluding carboxylic acids is 1. The molecule has 2 amide bonds. The third-order valence-electron chi connectivity index (χ3n) is 3.03. The molecule has 1 heterocycles. The van der Waals surface area contributed by atoms with Crippen molar-refractivity contribution in [2.75, 3.05) is 19.9 Å². The van der Waals surface area contributed by atoms with E-state index in [1.807, 2.05) is 0 Å². The lowest BCUT2D eigenvalue weighted by Crippen LogP contribution is -2.44. The van der Waals surface area contributed by atoms with Gasteiger partial charge in [0.05, 0.1) is 0 Å². The lowest BCUT2D eigenvalue weighted by molar-refractivity contribution is -0.140. The number of nitrogens with zero attached hydrogens (tertiary/aromatic N) is 1. The quantitative estimate of drug-likeness (QED) is 0.908. The first-order valence-electron chi connectivity index (χ1n) is 6.87. The SMILES string of the molecule is CCCN(CC(F)(F)F)C(=O)NCc1ccc2c(c1)OCO2. The highest BCUT2D eigenvalue weighted by molar-refractivity contribution is 5.74. The van der Waals surface area contributed by atoms with Gasteiger partial charge >= 0.3 is 12.2 Å². The van der Waals surface area contributed by atoms with Crippen molar-refractivity contribution in [3.8, 4) is 11.5 Å². The fourth-order valence-corrected chi connectivity index (χ4v) is 2.08. The Kier molecular flexibility index (Phi) is 4.99. The number of fused-ring (bicyclic) bond motifs is 1. The van der Waals surface area contributed by atoms with Crippen molar-refractivity contribution >= 4 is 6.03 Å². The van der Waals surface area contributed by atoms with Gasteiger partial charge in [-0.15, -0.1) is 0 Å². The van der Waals surface area contributed by atoms with Crippen LogP contribution in [0, 0.1) is 0 Å². The molecule has 0 saturated heterocycles. The molecule has 0 saturated carbocycles. The molecule has 0 atom stereocenters. The van der Waals surface area contributed by atoms with Crippen LogP contribution in [0.4, 0.5) is 18.0 Å². The number of benzene rings is 1. The van der Waals surface area contributed by atoms with Crippen LogP contribution in [0.3, 0.4) is 0 Å². The van der Waals surface area contributed by atoms with E-state index in [0.717, 1.165) is 10.5 Å². The van der Waals surface area contributed by atoms with E-state index in [2.05, 4.69) is 5.32 Å². The summed E-state index contributed by atoms with van der Waals surface area (Å²) in [5.41, 5.74) is 0.723. The Labute approximate surface area is 126 Å². The first-order valence-corrected chi connectivity index (χ1v) is 6.87. The summed E-state index contributed by atoms with van der Waals surface area (Å²) in [4.78, 5) is 12.6. The number of hydrogen-bond acceptors (Lipinski definition) is 3. The predicted octanol–water partition coefficient (Wildman–Crippen LogP) is 2.90. The van der Waals surface area contributed by atoms with E-state index >= 15 is 0 Å². The third-order valence-corrected chi connectivity index (χ3v) is 3.03. The second-order valence-corrected chi connectivity index (χ2v) is 4.88. The van der Waals surface area contributed by atoms with Crippen LogP contribution in [0.15, 0.2) is 18.2 Å². The fourth-order valence-electron chi connectivity index (χ4n) is 2.08. The van der Waals surface area contributed by atoms with Gasteiger partial charge in [0, 0.05) is 13.1 Å². The van der Waals surface area contributed by atoms with E-state index in [9.17, 15) is 18.0 Å². The van der Waals surface area contributed by atoms with Crippen molar-refractivity contribution in [3.05, 3.63) is 23.8 Å². The Hall–Kier alpha value is -2.12. The maximum absolute atomic E-state index is 12.5. The van der Waals surface area contributed by atoms with Gasteiger partial charge in [-0.3, -0.25) is 0 Å². The first kappa shape index (κ1) is 16.3. The van der Waals surface area contributed by atoms with Gasteiger partial charge in [0.25, 0.3) is 0 Å². The Morgan fingerprint density at radius 3 is 2.73 bits per heavy atom. The number of hydrogen-bond donors (Lipinski definition) is 1. The van der Waals surface area contributed by atoms with Crippen LogP contribution in [-0.2, 0) is 6.54 Å².